The second-order valence-corrected chi connectivity index (χ2v) is 6.33. The van der Waals surface area contributed by atoms with Crippen LogP contribution in [0.5, 0.6) is 0 Å². The third-order valence-corrected chi connectivity index (χ3v) is 4.21. The summed E-state index contributed by atoms with van der Waals surface area (Å²) in [7, 11) is 1.73. The SMILES string of the molecule is CN=C(NCCNc1ccc([N+](=O)[O-])cc1)NCCc1csc(C)n1.I. The largest absolute Gasteiger partial charge is 0.383 e. The van der Waals surface area contributed by atoms with Gasteiger partial charge in [0.25, 0.3) is 5.69 Å². The number of aromatic nitrogens is 1. The van der Waals surface area contributed by atoms with Crippen LogP contribution in [0.15, 0.2) is 34.6 Å². The summed E-state index contributed by atoms with van der Waals surface area (Å²) < 4.78 is 0. The third kappa shape index (κ3) is 7.52. The Morgan fingerprint density at radius 1 is 1.23 bits per heavy atom. The van der Waals surface area contributed by atoms with E-state index in [4.69, 9.17) is 0 Å². The smallest absolute Gasteiger partial charge is 0.269 e. The lowest BCUT2D eigenvalue weighted by Gasteiger charge is -2.12. The fourth-order valence-corrected chi connectivity index (χ4v) is 2.79. The van der Waals surface area contributed by atoms with Gasteiger partial charge < -0.3 is 16.0 Å². The van der Waals surface area contributed by atoms with Gasteiger partial charge in [-0.05, 0) is 19.1 Å². The lowest BCUT2D eigenvalue weighted by atomic mass is 10.3. The number of nitro benzene ring substituents is 1. The van der Waals surface area contributed by atoms with Crippen molar-refractivity contribution in [1.29, 1.82) is 0 Å². The molecule has 0 aliphatic carbocycles. The van der Waals surface area contributed by atoms with Crippen LogP contribution in [0.2, 0.25) is 0 Å². The molecule has 26 heavy (non-hydrogen) atoms. The predicted octanol–water partition coefficient (Wildman–Crippen LogP) is 2.80. The number of hydrogen-bond acceptors (Lipinski definition) is 6. The van der Waals surface area contributed by atoms with Crippen LogP contribution in [0.3, 0.4) is 0 Å². The van der Waals surface area contributed by atoms with Crippen molar-refractivity contribution in [2.75, 3.05) is 32.0 Å². The molecule has 0 aliphatic rings. The number of nitrogens with zero attached hydrogens (tertiary/aromatic N) is 3. The van der Waals surface area contributed by atoms with Crippen molar-refractivity contribution in [2.45, 2.75) is 13.3 Å². The van der Waals surface area contributed by atoms with Crippen LogP contribution >= 0.6 is 35.3 Å². The molecule has 10 heteroatoms. The summed E-state index contributed by atoms with van der Waals surface area (Å²) in [5.41, 5.74) is 2.02. The van der Waals surface area contributed by atoms with Crippen LogP contribution in [-0.2, 0) is 6.42 Å². The van der Waals surface area contributed by atoms with Crippen molar-refractivity contribution in [3.05, 3.63) is 50.5 Å². The number of thiazole rings is 1. The number of anilines is 1. The Morgan fingerprint density at radius 2 is 1.92 bits per heavy atom. The van der Waals surface area contributed by atoms with E-state index < -0.39 is 4.92 Å². The maximum atomic E-state index is 10.6. The first-order chi connectivity index (χ1) is 12.1. The number of benzene rings is 1. The van der Waals surface area contributed by atoms with Crippen LogP contribution in [0, 0.1) is 17.0 Å². The van der Waals surface area contributed by atoms with Crippen LogP contribution in [0.25, 0.3) is 0 Å². The molecule has 0 aliphatic heterocycles. The van der Waals surface area contributed by atoms with E-state index in [1.54, 1.807) is 30.5 Å². The summed E-state index contributed by atoms with van der Waals surface area (Å²) in [5, 5.41) is 23.4. The topological polar surface area (TPSA) is 104 Å². The molecule has 2 aromatic rings. The van der Waals surface area contributed by atoms with Crippen LogP contribution in [0.4, 0.5) is 11.4 Å². The molecule has 1 heterocycles. The van der Waals surface area contributed by atoms with Gasteiger partial charge >= 0.3 is 0 Å². The summed E-state index contributed by atoms with van der Waals surface area (Å²) in [4.78, 5) is 18.8. The van der Waals surface area contributed by atoms with Crippen molar-refractivity contribution < 1.29 is 4.92 Å². The lowest BCUT2D eigenvalue weighted by molar-refractivity contribution is -0.384. The second-order valence-electron chi connectivity index (χ2n) is 5.26. The first-order valence-corrected chi connectivity index (χ1v) is 8.80. The molecule has 8 nitrogen and oxygen atoms in total. The van der Waals surface area contributed by atoms with Gasteiger partial charge in [-0.3, -0.25) is 15.1 Å². The van der Waals surface area contributed by atoms with Crippen molar-refractivity contribution in [2.24, 2.45) is 4.99 Å². The fraction of sp³-hybridized carbons (Fsp3) is 0.375. The Balaban J connectivity index is 0.00000338. The van der Waals surface area contributed by atoms with Gasteiger partial charge in [0.15, 0.2) is 5.96 Å². The fourth-order valence-electron chi connectivity index (χ4n) is 2.14. The molecule has 142 valence electrons. The number of halogens is 1. The maximum absolute atomic E-state index is 10.6. The third-order valence-electron chi connectivity index (χ3n) is 3.39. The van der Waals surface area contributed by atoms with E-state index in [2.05, 4.69) is 31.3 Å². The van der Waals surface area contributed by atoms with Gasteiger partial charge in [0, 0.05) is 56.3 Å². The molecule has 0 fully saturated rings. The van der Waals surface area contributed by atoms with Crippen LogP contribution in [0.1, 0.15) is 10.7 Å². The Kier molecular flexibility index (Phi) is 9.88. The lowest BCUT2D eigenvalue weighted by Crippen LogP contribution is -2.40. The second kappa shape index (κ2) is 11.6. The minimum atomic E-state index is -0.409. The van der Waals surface area contributed by atoms with E-state index in [-0.39, 0.29) is 29.7 Å². The zero-order valence-electron chi connectivity index (χ0n) is 14.7. The standard InChI is InChI=1S/C16H22N6O2S.HI/c1-12-21-14(11-25-12)7-8-19-16(17-2)20-10-9-18-13-3-5-15(6-4-13)22(23)24;/h3-6,11,18H,7-10H2,1-2H3,(H2,17,19,20);1H. The highest BCUT2D eigenvalue weighted by molar-refractivity contribution is 14.0. The average Bonchev–Trinajstić information content (AvgIpc) is 3.02. The number of nitrogens with one attached hydrogen (secondary N) is 3. The van der Waals surface area contributed by atoms with E-state index in [1.807, 2.05) is 6.92 Å². The number of guanidine groups is 1. The summed E-state index contributed by atoms with van der Waals surface area (Å²) >= 11 is 1.66. The summed E-state index contributed by atoms with van der Waals surface area (Å²) in [6.45, 7) is 4.11. The Morgan fingerprint density at radius 3 is 2.50 bits per heavy atom. The number of non-ortho nitro benzene ring substituents is 1. The molecule has 1 aromatic carbocycles. The average molecular weight is 490 g/mol. The highest BCUT2D eigenvalue weighted by Crippen LogP contribution is 2.14. The van der Waals surface area contributed by atoms with Gasteiger partial charge in [-0.1, -0.05) is 0 Å². The van der Waals surface area contributed by atoms with Gasteiger partial charge in [0.05, 0.1) is 15.6 Å². The van der Waals surface area contributed by atoms with Crippen LogP contribution in [-0.4, -0.2) is 42.5 Å². The molecule has 2 rings (SSSR count). The van der Waals surface area contributed by atoms with Gasteiger partial charge in [-0.15, -0.1) is 35.3 Å². The Labute approximate surface area is 173 Å². The van der Waals surface area contributed by atoms with E-state index in [1.165, 1.54) is 12.1 Å². The molecule has 0 amide bonds. The van der Waals surface area contributed by atoms with Crippen molar-refractivity contribution in [3.8, 4) is 0 Å². The normalized spacial score (nSPS) is 10.8. The zero-order chi connectivity index (χ0) is 18.1. The number of rotatable bonds is 8. The molecule has 0 saturated heterocycles. The van der Waals surface area contributed by atoms with E-state index in [0.717, 1.165) is 35.3 Å². The molecule has 0 radical (unpaired) electrons. The van der Waals surface area contributed by atoms with Gasteiger partial charge in [-0.25, -0.2) is 4.98 Å². The summed E-state index contributed by atoms with van der Waals surface area (Å²) in [6.07, 6.45) is 0.853. The van der Waals surface area contributed by atoms with Crippen molar-refractivity contribution in [1.82, 2.24) is 15.6 Å². The van der Waals surface area contributed by atoms with Crippen molar-refractivity contribution in [3.63, 3.8) is 0 Å². The molecule has 0 bridgehead atoms. The molecule has 0 spiro atoms. The predicted molar refractivity (Wildman–Crippen MR) is 117 cm³/mol. The van der Waals surface area contributed by atoms with E-state index in [9.17, 15) is 10.1 Å². The highest BCUT2D eigenvalue weighted by Gasteiger charge is 2.03. The van der Waals surface area contributed by atoms with Gasteiger partial charge in [0.1, 0.15) is 0 Å². The molecule has 0 unspecified atom stereocenters. The monoisotopic (exact) mass is 490 g/mol. The van der Waals surface area contributed by atoms with Gasteiger partial charge in [-0.2, -0.15) is 0 Å². The maximum Gasteiger partial charge on any atom is 0.269 e. The molecule has 3 N–H and O–H groups in total. The minimum Gasteiger partial charge on any atom is -0.383 e. The first kappa shape index (κ1) is 22.1. The molecule has 1 aromatic heterocycles. The summed E-state index contributed by atoms with van der Waals surface area (Å²) in [6, 6.07) is 6.36. The summed E-state index contributed by atoms with van der Waals surface area (Å²) in [5.74, 6) is 0.734. The Hall–Kier alpha value is -1.95. The molecule has 0 saturated carbocycles. The highest BCUT2D eigenvalue weighted by atomic mass is 127. The number of nitro groups is 1. The van der Waals surface area contributed by atoms with Crippen LogP contribution < -0.4 is 16.0 Å². The Bertz CT molecular complexity index is 720. The molecular formula is C16H23IN6O2S. The zero-order valence-corrected chi connectivity index (χ0v) is 17.8. The number of aryl methyl sites for hydroxylation is 1. The van der Waals surface area contributed by atoms with Crippen molar-refractivity contribution >= 4 is 52.6 Å². The number of hydrogen-bond donors (Lipinski definition) is 3. The minimum absolute atomic E-state index is 0. The first-order valence-electron chi connectivity index (χ1n) is 7.92. The molecule has 0 atom stereocenters. The van der Waals surface area contributed by atoms with E-state index in [0.29, 0.717) is 13.1 Å². The van der Waals surface area contributed by atoms with Gasteiger partial charge in [0.2, 0.25) is 0 Å². The number of aliphatic imine (C=N–C) groups is 1. The molecular weight excluding hydrogens is 467 g/mol. The quantitative estimate of drug-likeness (QED) is 0.131. The van der Waals surface area contributed by atoms with E-state index >= 15 is 0 Å².